The molecule has 0 radical (unpaired) electrons. The summed E-state index contributed by atoms with van der Waals surface area (Å²) in [6.07, 6.45) is 4.93. The second-order valence-electron chi connectivity index (χ2n) is 12.2. The molecule has 2 aromatic carbocycles. The zero-order chi connectivity index (χ0) is 31.6. The molecule has 240 valence electrons. The van der Waals surface area contributed by atoms with E-state index in [1.165, 1.54) is 47.0 Å². The zero-order valence-corrected chi connectivity index (χ0v) is 27.3. The Bertz CT molecular complexity index is 1580. The normalized spacial score (nSPS) is 20.2. The van der Waals surface area contributed by atoms with Crippen LogP contribution in [-0.4, -0.2) is 103 Å². The number of benzene rings is 2. The Balaban J connectivity index is 1.35. The third-order valence-electron chi connectivity index (χ3n) is 8.82. The first kappa shape index (κ1) is 33.9. The summed E-state index contributed by atoms with van der Waals surface area (Å²) in [4.78, 5) is 4.57. The summed E-state index contributed by atoms with van der Waals surface area (Å²) < 4.78 is 103. The standard InChI is InChI=1S/C29H41F2N3O6S3/c1-29(11-19-43(39,40)27-6-4-26(5-7-27)41(2,35)36)9-13-32(14-10-29)12-8-28(23-20-24(30)22-25(31)21-23)33-15-17-34(18-16-33)42(3,37)38/h4-7,20-22,28H,8-19H2,1-3H3/t28-/m0/s1. The number of hydrogen-bond donors (Lipinski definition) is 0. The van der Waals surface area contributed by atoms with Crippen LogP contribution < -0.4 is 0 Å². The Morgan fingerprint density at radius 1 is 0.791 bits per heavy atom. The first-order valence-electron chi connectivity index (χ1n) is 14.4. The van der Waals surface area contributed by atoms with Crippen LogP contribution in [0.1, 0.15) is 44.2 Å². The van der Waals surface area contributed by atoms with Crippen LogP contribution in [0.5, 0.6) is 0 Å². The monoisotopic (exact) mass is 661 g/mol. The molecule has 2 aliphatic heterocycles. The second kappa shape index (κ2) is 13.2. The van der Waals surface area contributed by atoms with E-state index in [0.717, 1.165) is 38.3 Å². The molecule has 0 aromatic heterocycles. The van der Waals surface area contributed by atoms with Crippen molar-refractivity contribution < 1.29 is 34.0 Å². The van der Waals surface area contributed by atoms with E-state index in [0.29, 0.717) is 51.1 Å². The molecule has 0 bridgehead atoms. The van der Waals surface area contributed by atoms with Crippen molar-refractivity contribution >= 4 is 29.7 Å². The molecule has 14 heteroatoms. The number of hydrogen-bond acceptors (Lipinski definition) is 8. The number of rotatable bonds is 11. The van der Waals surface area contributed by atoms with Gasteiger partial charge in [-0.05, 0) is 92.7 Å². The van der Waals surface area contributed by atoms with Crippen LogP contribution in [-0.2, 0) is 29.7 Å². The molecule has 0 N–H and O–H groups in total. The fourth-order valence-corrected chi connectivity index (χ4v) is 8.94. The molecule has 4 rings (SSSR count). The molecule has 2 saturated heterocycles. The lowest BCUT2D eigenvalue weighted by molar-refractivity contribution is 0.0892. The maximum atomic E-state index is 14.2. The third-order valence-corrected chi connectivity index (χ3v) is 13.0. The van der Waals surface area contributed by atoms with Crippen LogP contribution in [0.2, 0.25) is 0 Å². The highest BCUT2D eigenvalue weighted by atomic mass is 32.2. The third kappa shape index (κ3) is 9.04. The summed E-state index contributed by atoms with van der Waals surface area (Å²) in [6, 6.07) is 8.59. The SMILES string of the molecule is CC1(CCS(=O)(=O)c2ccc(S(C)(=O)=O)cc2)CCN(CC[C@@H](c2cc(F)cc(F)c2)N2CCN(S(C)(=O)=O)CC2)CC1. The van der Waals surface area contributed by atoms with Crippen molar-refractivity contribution in [1.82, 2.24) is 14.1 Å². The quantitative estimate of drug-likeness (QED) is 0.361. The Hall–Kier alpha value is -1.97. The van der Waals surface area contributed by atoms with Crippen LogP contribution in [0.15, 0.2) is 52.3 Å². The highest BCUT2D eigenvalue weighted by molar-refractivity contribution is 7.91. The van der Waals surface area contributed by atoms with Crippen molar-refractivity contribution in [3.8, 4) is 0 Å². The number of sulfone groups is 2. The summed E-state index contributed by atoms with van der Waals surface area (Å²) >= 11 is 0. The number of piperazine rings is 1. The van der Waals surface area contributed by atoms with E-state index >= 15 is 0 Å². The molecule has 2 fully saturated rings. The Kier molecular flexibility index (Phi) is 10.4. The van der Waals surface area contributed by atoms with Crippen molar-refractivity contribution in [2.24, 2.45) is 5.41 Å². The molecule has 2 aliphatic rings. The number of likely N-dealkylation sites (tertiary alicyclic amines) is 1. The fourth-order valence-electron chi connectivity index (χ4n) is 5.94. The van der Waals surface area contributed by atoms with Crippen LogP contribution in [0.25, 0.3) is 0 Å². The topological polar surface area (TPSA) is 112 Å². The lowest BCUT2D eigenvalue weighted by Gasteiger charge is -2.42. The van der Waals surface area contributed by atoms with Crippen LogP contribution in [0.4, 0.5) is 8.78 Å². The van der Waals surface area contributed by atoms with Crippen LogP contribution >= 0.6 is 0 Å². The molecule has 43 heavy (non-hydrogen) atoms. The summed E-state index contributed by atoms with van der Waals surface area (Å²) in [5.41, 5.74) is 0.352. The lowest BCUT2D eigenvalue weighted by Crippen LogP contribution is -2.50. The molecule has 1 atom stereocenters. The highest BCUT2D eigenvalue weighted by Crippen LogP contribution is 2.36. The predicted octanol–water partition coefficient (Wildman–Crippen LogP) is 3.34. The molecule has 0 aliphatic carbocycles. The number of sulfonamides is 1. The average molecular weight is 662 g/mol. The summed E-state index contributed by atoms with van der Waals surface area (Å²) in [6.45, 7) is 5.83. The minimum atomic E-state index is -3.57. The van der Waals surface area contributed by atoms with Gasteiger partial charge in [0, 0.05) is 44.5 Å². The van der Waals surface area contributed by atoms with E-state index in [2.05, 4.69) is 16.7 Å². The second-order valence-corrected chi connectivity index (χ2v) is 18.3. The Morgan fingerprint density at radius 2 is 1.33 bits per heavy atom. The summed E-state index contributed by atoms with van der Waals surface area (Å²) in [5.74, 6) is -1.33. The van der Waals surface area contributed by atoms with Gasteiger partial charge in [-0.3, -0.25) is 4.90 Å². The molecule has 9 nitrogen and oxygen atoms in total. The van der Waals surface area contributed by atoms with Gasteiger partial charge < -0.3 is 4.90 Å². The van der Waals surface area contributed by atoms with Gasteiger partial charge in [0.15, 0.2) is 19.7 Å². The van der Waals surface area contributed by atoms with Crippen molar-refractivity contribution in [3.63, 3.8) is 0 Å². The van der Waals surface area contributed by atoms with Gasteiger partial charge in [-0.25, -0.2) is 34.0 Å². The van der Waals surface area contributed by atoms with E-state index in [1.807, 2.05) is 0 Å². The summed E-state index contributed by atoms with van der Waals surface area (Å²) in [7, 11) is -10.3. The molecule has 0 spiro atoms. The molecule has 0 unspecified atom stereocenters. The van der Waals surface area contributed by atoms with Gasteiger partial charge >= 0.3 is 0 Å². The smallest absolute Gasteiger partial charge is 0.211 e. The van der Waals surface area contributed by atoms with Crippen molar-refractivity contribution in [1.29, 1.82) is 0 Å². The van der Waals surface area contributed by atoms with Crippen molar-refractivity contribution in [2.75, 3.05) is 64.1 Å². The van der Waals surface area contributed by atoms with Gasteiger partial charge in [-0.2, -0.15) is 4.31 Å². The fraction of sp³-hybridized carbons (Fsp3) is 0.586. The van der Waals surface area contributed by atoms with Crippen LogP contribution in [0.3, 0.4) is 0 Å². The van der Waals surface area contributed by atoms with E-state index < -0.39 is 41.3 Å². The molecule has 0 saturated carbocycles. The van der Waals surface area contributed by atoms with Crippen molar-refractivity contribution in [2.45, 2.75) is 48.4 Å². The minimum Gasteiger partial charge on any atom is -0.303 e. The lowest BCUT2D eigenvalue weighted by atomic mass is 9.78. The molecule has 2 aromatic rings. The van der Waals surface area contributed by atoms with Gasteiger partial charge in [0.2, 0.25) is 10.0 Å². The van der Waals surface area contributed by atoms with E-state index in [4.69, 9.17) is 0 Å². The van der Waals surface area contributed by atoms with E-state index in [9.17, 15) is 34.0 Å². The Morgan fingerprint density at radius 3 is 1.84 bits per heavy atom. The first-order valence-corrected chi connectivity index (χ1v) is 19.7. The molecular formula is C29H41F2N3O6S3. The van der Waals surface area contributed by atoms with E-state index in [1.54, 1.807) is 0 Å². The molecule has 2 heterocycles. The molecular weight excluding hydrogens is 621 g/mol. The van der Waals surface area contributed by atoms with Gasteiger partial charge in [-0.1, -0.05) is 6.92 Å². The maximum absolute atomic E-state index is 14.2. The van der Waals surface area contributed by atoms with Crippen LogP contribution in [0, 0.1) is 17.0 Å². The van der Waals surface area contributed by atoms with Gasteiger partial charge in [0.25, 0.3) is 0 Å². The highest BCUT2D eigenvalue weighted by Gasteiger charge is 2.33. The largest absolute Gasteiger partial charge is 0.303 e. The van der Waals surface area contributed by atoms with Crippen molar-refractivity contribution in [3.05, 3.63) is 59.7 Å². The molecule has 0 amide bonds. The Labute approximate surface area is 254 Å². The zero-order valence-electron chi connectivity index (χ0n) is 24.9. The van der Waals surface area contributed by atoms with Gasteiger partial charge in [-0.15, -0.1) is 0 Å². The predicted molar refractivity (Wildman–Crippen MR) is 162 cm³/mol. The van der Waals surface area contributed by atoms with E-state index in [-0.39, 0.29) is 27.0 Å². The number of halogens is 2. The minimum absolute atomic E-state index is 0.0333. The first-order chi connectivity index (χ1) is 20.0. The number of piperidine rings is 1. The average Bonchev–Trinajstić information content (AvgIpc) is 2.92. The van der Waals surface area contributed by atoms with Gasteiger partial charge in [0.05, 0.1) is 21.8 Å². The maximum Gasteiger partial charge on any atom is 0.211 e. The number of nitrogens with zero attached hydrogens (tertiary/aromatic N) is 3. The van der Waals surface area contributed by atoms with Gasteiger partial charge in [0.1, 0.15) is 11.6 Å². The summed E-state index contributed by atoms with van der Waals surface area (Å²) in [5, 5.41) is 0.